The Bertz CT molecular complexity index is 792. The molecule has 0 aliphatic heterocycles. The Morgan fingerprint density at radius 1 is 1.30 bits per heavy atom. The number of methoxy groups -OCH3 is 1. The number of benzene rings is 1. The van der Waals surface area contributed by atoms with E-state index in [0.717, 1.165) is 22.2 Å². The number of hydrogen-bond donors (Lipinski definition) is 2. The van der Waals surface area contributed by atoms with E-state index in [9.17, 15) is 4.79 Å². The van der Waals surface area contributed by atoms with Gasteiger partial charge >= 0.3 is 0 Å². The van der Waals surface area contributed by atoms with Crippen LogP contribution in [0, 0.1) is 0 Å². The average molecular weight is 405 g/mol. The van der Waals surface area contributed by atoms with Crippen molar-refractivity contribution in [1.29, 1.82) is 0 Å². The fourth-order valence-electron chi connectivity index (χ4n) is 2.85. The summed E-state index contributed by atoms with van der Waals surface area (Å²) in [5.74, 6) is 1.13. The SMILES string of the molecule is COc1ccccc1Nc1nnc(SCC(=O)NCCC2=CCCCC2)s1. The Morgan fingerprint density at radius 2 is 2.19 bits per heavy atom. The molecule has 2 N–H and O–H groups in total. The van der Waals surface area contributed by atoms with Crippen LogP contribution in [0.2, 0.25) is 0 Å². The van der Waals surface area contributed by atoms with Crippen LogP contribution in [-0.4, -0.2) is 35.5 Å². The summed E-state index contributed by atoms with van der Waals surface area (Å²) in [6, 6.07) is 7.64. The fourth-order valence-corrected chi connectivity index (χ4v) is 4.45. The second kappa shape index (κ2) is 10.3. The summed E-state index contributed by atoms with van der Waals surface area (Å²) < 4.78 is 6.08. The van der Waals surface area contributed by atoms with Crippen LogP contribution < -0.4 is 15.4 Å². The number of para-hydroxylation sites is 2. The van der Waals surface area contributed by atoms with Gasteiger partial charge in [-0.05, 0) is 44.2 Å². The van der Waals surface area contributed by atoms with Crippen LogP contribution in [-0.2, 0) is 4.79 Å². The summed E-state index contributed by atoms with van der Waals surface area (Å²) in [6.45, 7) is 0.710. The molecule has 27 heavy (non-hydrogen) atoms. The third-order valence-corrected chi connectivity index (χ3v) is 6.21. The summed E-state index contributed by atoms with van der Waals surface area (Å²) in [5, 5.41) is 15.1. The molecule has 1 heterocycles. The largest absolute Gasteiger partial charge is 0.495 e. The third kappa shape index (κ3) is 6.25. The highest BCUT2D eigenvalue weighted by atomic mass is 32.2. The van der Waals surface area contributed by atoms with E-state index in [1.54, 1.807) is 7.11 Å². The highest BCUT2D eigenvalue weighted by Crippen LogP contribution is 2.31. The molecule has 144 valence electrons. The van der Waals surface area contributed by atoms with Crippen LogP contribution in [0.5, 0.6) is 5.75 Å². The molecule has 0 unspecified atom stereocenters. The molecule has 0 saturated carbocycles. The number of allylic oxidation sites excluding steroid dienone is 1. The van der Waals surface area contributed by atoms with E-state index < -0.39 is 0 Å². The second-order valence-electron chi connectivity index (χ2n) is 6.20. The zero-order valence-corrected chi connectivity index (χ0v) is 17.0. The van der Waals surface area contributed by atoms with Crippen molar-refractivity contribution >= 4 is 39.8 Å². The molecule has 0 saturated heterocycles. The molecule has 0 radical (unpaired) electrons. The maximum absolute atomic E-state index is 12.0. The number of hydrogen-bond acceptors (Lipinski definition) is 7. The van der Waals surface area contributed by atoms with Gasteiger partial charge in [0.25, 0.3) is 0 Å². The number of thioether (sulfide) groups is 1. The van der Waals surface area contributed by atoms with E-state index in [1.165, 1.54) is 54.4 Å². The minimum atomic E-state index is 0.0332. The number of carbonyl (C=O) groups excluding carboxylic acids is 1. The normalized spacial score (nSPS) is 13.7. The van der Waals surface area contributed by atoms with Crippen LogP contribution in [0.1, 0.15) is 32.1 Å². The van der Waals surface area contributed by atoms with E-state index in [0.29, 0.717) is 17.4 Å². The van der Waals surface area contributed by atoms with Crippen LogP contribution in [0.4, 0.5) is 10.8 Å². The van der Waals surface area contributed by atoms with Crippen molar-refractivity contribution in [3.63, 3.8) is 0 Å². The molecule has 6 nitrogen and oxygen atoms in total. The van der Waals surface area contributed by atoms with Gasteiger partial charge in [-0.25, -0.2) is 0 Å². The van der Waals surface area contributed by atoms with Crippen molar-refractivity contribution in [2.45, 2.75) is 36.4 Å². The molecule has 0 spiro atoms. The van der Waals surface area contributed by atoms with Crippen molar-refractivity contribution in [1.82, 2.24) is 15.5 Å². The number of nitrogens with zero attached hydrogens (tertiary/aromatic N) is 2. The topological polar surface area (TPSA) is 76.1 Å². The summed E-state index contributed by atoms with van der Waals surface area (Å²) in [6.07, 6.45) is 8.21. The molecule has 2 aromatic rings. The summed E-state index contributed by atoms with van der Waals surface area (Å²) in [4.78, 5) is 12.0. The monoisotopic (exact) mass is 404 g/mol. The van der Waals surface area contributed by atoms with Crippen molar-refractivity contribution in [2.24, 2.45) is 0 Å². The van der Waals surface area contributed by atoms with E-state index in [1.807, 2.05) is 24.3 Å². The summed E-state index contributed by atoms with van der Waals surface area (Å²) in [5.41, 5.74) is 2.31. The first-order valence-electron chi connectivity index (χ1n) is 9.05. The van der Waals surface area contributed by atoms with E-state index in [4.69, 9.17) is 4.74 Å². The predicted molar refractivity (Wildman–Crippen MR) is 111 cm³/mol. The Labute approximate surface area is 167 Å². The van der Waals surface area contributed by atoms with Crippen LogP contribution in [0.15, 0.2) is 40.3 Å². The zero-order valence-electron chi connectivity index (χ0n) is 15.4. The number of carbonyl (C=O) groups is 1. The Kier molecular flexibility index (Phi) is 7.53. The molecular weight excluding hydrogens is 380 g/mol. The van der Waals surface area contributed by atoms with Crippen LogP contribution >= 0.6 is 23.1 Å². The lowest BCUT2D eigenvalue weighted by Crippen LogP contribution is -2.26. The molecule has 0 atom stereocenters. The molecule has 0 fully saturated rings. The molecule has 1 aromatic heterocycles. The predicted octanol–water partition coefficient (Wildman–Crippen LogP) is 4.39. The lowest BCUT2D eigenvalue weighted by atomic mass is 9.97. The third-order valence-electron chi connectivity index (χ3n) is 4.24. The highest BCUT2D eigenvalue weighted by molar-refractivity contribution is 8.01. The van der Waals surface area contributed by atoms with E-state index >= 15 is 0 Å². The molecular formula is C19H24N4O2S2. The number of amides is 1. The van der Waals surface area contributed by atoms with E-state index in [-0.39, 0.29) is 5.91 Å². The van der Waals surface area contributed by atoms with Gasteiger partial charge < -0.3 is 15.4 Å². The number of anilines is 2. The molecule has 3 rings (SSSR count). The van der Waals surface area contributed by atoms with Gasteiger partial charge in [-0.1, -0.05) is 46.9 Å². The minimum Gasteiger partial charge on any atom is -0.495 e. The Morgan fingerprint density at radius 3 is 3.00 bits per heavy atom. The van der Waals surface area contributed by atoms with Crippen molar-refractivity contribution < 1.29 is 9.53 Å². The Hall–Kier alpha value is -2.06. The van der Waals surface area contributed by atoms with Crippen LogP contribution in [0.3, 0.4) is 0 Å². The number of rotatable bonds is 9. The lowest BCUT2D eigenvalue weighted by Gasteiger charge is -2.12. The van der Waals surface area contributed by atoms with Crippen LogP contribution in [0.25, 0.3) is 0 Å². The van der Waals surface area contributed by atoms with E-state index in [2.05, 4.69) is 26.9 Å². The first-order chi connectivity index (χ1) is 13.2. The molecule has 1 aromatic carbocycles. The molecule has 8 heteroatoms. The van der Waals surface area contributed by atoms with Gasteiger partial charge in [0.2, 0.25) is 11.0 Å². The standard InChI is InChI=1S/C19H24N4O2S2/c1-25-16-10-6-5-9-15(16)21-18-22-23-19(27-18)26-13-17(24)20-12-11-14-7-3-2-4-8-14/h5-7,9-10H,2-4,8,11-13H2,1H3,(H,20,24)(H,21,22). The van der Waals surface area contributed by atoms with Crippen molar-refractivity contribution in [2.75, 3.05) is 24.7 Å². The lowest BCUT2D eigenvalue weighted by molar-refractivity contribution is -0.118. The van der Waals surface area contributed by atoms with Gasteiger partial charge in [0.05, 0.1) is 18.6 Å². The maximum Gasteiger partial charge on any atom is 0.230 e. The highest BCUT2D eigenvalue weighted by Gasteiger charge is 2.10. The minimum absolute atomic E-state index is 0.0332. The first kappa shape index (κ1) is 19.7. The summed E-state index contributed by atoms with van der Waals surface area (Å²) in [7, 11) is 1.63. The Balaban J connectivity index is 1.41. The molecule has 1 aliphatic carbocycles. The first-order valence-corrected chi connectivity index (χ1v) is 10.9. The van der Waals surface area contributed by atoms with Gasteiger partial charge in [0.15, 0.2) is 4.34 Å². The molecule has 1 amide bonds. The van der Waals surface area contributed by atoms with Gasteiger partial charge in [-0.2, -0.15) is 0 Å². The second-order valence-corrected chi connectivity index (χ2v) is 8.40. The molecule has 0 bridgehead atoms. The fraction of sp³-hybridized carbons (Fsp3) is 0.421. The quantitative estimate of drug-likeness (QED) is 0.477. The van der Waals surface area contributed by atoms with Gasteiger partial charge in [-0.15, -0.1) is 10.2 Å². The number of ether oxygens (including phenoxy) is 1. The van der Waals surface area contributed by atoms with Crippen molar-refractivity contribution in [3.8, 4) is 5.75 Å². The molecule has 1 aliphatic rings. The van der Waals surface area contributed by atoms with Gasteiger partial charge in [0.1, 0.15) is 5.75 Å². The smallest absolute Gasteiger partial charge is 0.230 e. The maximum atomic E-state index is 12.0. The number of nitrogens with one attached hydrogen (secondary N) is 2. The number of aromatic nitrogens is 2. The summed E-state index contributed by atoms with van der Waals surface area (Å²) >= 11 is 2.82. The average Bonchev–Trinajstić information content (AvgIpc) is 3.15. The van der Waals surface area contributed by atoms with Gasteiger partial charge in [-0.3, -0.25) is 4.79 Å². The van der Waals surface area contributed by atoms with Gasteiger partial charge in [0, 0.05) is 6.54 Å². The zero-order chi connectivity index (χ0) is 18.9. The van der Waals surface area contributed by atoms with Crippen molar-refractivity contribution in [3.05, 3.63) is 35.9 Å².